The maximum Gasteiger partial charge on any atom is 0.0691 e. The molecule has 88 valence electrons. The third-order valence-electron chi connectivity index (χ3n) is 2.95. The topological polar surface area (TPSA) is 38.3 Å². The lowest BCUT2D eigenvalue weighted by atomic mass is 10.3. The molecule has 4 heteroatoms. The van der Waals surface area contributed by atoms with Gasteiger partial charge in [0, 0.05) is 35.0 Å². The lowest BCUT2D eigenvalue weighted by Gasteiger charge is -2.08. The molecule has 15 heavy (non-hydrogen) atoms. The Labute approximate surface area is 94.4 Å². The van der Waals surface area contributed by atoms with E-state index in [0.717, 1.165) is 50.0 Å². The third-order valence-corrected chi connectivity index (χ3v) is 4.44. The maximum atomic E-state index is 11.7. The lowest BCUT2D eigenvalue weighted by Crippen LogP contribution is -2.22. The summed E-state index contributed by atoms with van der Waals surface area (Å²) in [6.45, 7) is 1.90. The molecular formula is C11H21NO2S. The molecule has 0 aromatic carbocycles. The molecule has 0 bridgehead atoms. The average molecular weight is 231 g/mol. The van der Waals surface area contributed by atoms with Gasteiger partial charge in [-0.3, -0.25) is 4.21 Å². The van der Waals surface area contributed by atoms with Gasteiger partial charge in [-0.25, -0.2) is 0 Å². The molecule has 1 aliphatic heterocycles. The Hall–Kier alpha value is 0.0700. The Morgan fingerprint density at radius 1 is 1.33 bits per heavy atom. The smallest absolute Gasteiger partial charge is 0.0691 e. The van der Waals surface area contributed by atoms with Gasteiger partial charge in [0.25, 0.3) is 0 Å². The van der Waals surface area contributed by atoms with Gasteiger partial charge >= 0.3 is 0 Å². The Kier molecular flexibility index (Phi) is 4.60. The van der Waals surface area contributed by atoms with Crippen LogP contribution in [0.4, 0.5) is 0 Å². The highest BCUT2D eigenvalue weighted by Crippen LogP contribution is 2.18. The number of hydrogen-bond donors (Lipinski definition) is 1. The van der Waals surface area contributed by atoms with Crippen molar-refractivity contribution in [1.29, 1.82) is 0 Å². The van der Waals surface area contributed by atoms with Crippen LogP contribution in [0.2, 0.25) is 0 Å². The fourth-order valence-electron chi connectivity index (χ4n) is 1.89. The van der Waals surface area contributed by atoms with Crippen molar-refractivity contribution in [1.82, 2.24) is 5.32 Å². The van der Waals surface area contributed by atoms with Crippen LogP contribution in [0.15, 0.2) is 0 Å². The third kappa shape index (κ3) is 4.62. The molecule has 0 aromatic rings. The molecule has 1 heterocycles. The summed E-state index contributed by atoms with van der Waals surface area (Å²) < 4.78 is 17.1. The van der Waals surface area contributed by atoms with E-state index in [9.17, 15) is 4.21 Å². The molecule has 0 aromatic heterocycles. The molecule has 0 spiro atoms. The van der Waals surface area contributed by atoms with Crippen LogP contribution in [0.3, 0.4) is 0 Å². The van der Waals surface area contributed by atoms with Gasteiger partial charge in [-0.2, -0.15) is 0 Å². The molecule has 1 saturated heterocycles. The van der Waals surface area contributed by atoms with Crippen molar-refractivity contribution in [3.8, 4) is 0 Å². The monoisotopic (exact) mass is 231 g/mol. The second-order valence-electron chi connectivity index (χ2n) is 4.53. The summed E-state index contributed by atoms with van der Waals surface area (Å²) in [5.41, 5.74) is 0. The van der Waals surface area contributed by atoms with Gasteiger partial charge in [-0.1, -0.05) is 0 Å². The van der Waals surface area contributed by atoms with Crippen molar-refractivity contribution in [2.24, 2.45) is 0 Å². The molecule has 2 aliphatic rings. The predicted octanol–water partition coefficient (Wildman–Crippen LogP) is 1.06. The van der Waals surface area contributed by atoms with E-state index in [1.807, 2.05) is 0 Å². The summed E-state index contributed by atoms with van der Waals surface area (Å²) in [6.07, 6.45) is 6.23. The Balaban J connectivity index is 1.47. The van der Waals surface area contributed by atoms with Crippen LogP contribution in [0.1, 0.15) is 32.1 Å². The summed E-state index contributed by atoms with van der Waals surface area (Å²) >= 11 is 0. The zero-order valence-electron chi connectivity index (χ0n) is 9.24. The molecule has 1 saturated carbocycles. The van der Waals surface area contributed by atoms with Crippen LogP contribution in [0.25, 0.3) is 0 Å². The van der Waals surface area contributed by atoms with E-state index in [1.165, 1.54) is 12.8 Å². The van der Waals surface area contributed by atoms with Crippen LogP contribution in [0.5, 0.6) is 0 Å². The number of hydrogen-bond acceptors (Lipinski definition) is 3. The van der Waals surface area contributed by atoms with Crippen molar-refractivity contribution in [3.05, 3.63) is 0 Å². The normalized spacial score (nSPS) is 28.1. The molecule has 0 radical (unpaired) electrons. The minimum Gasteiger partial charge on any atom is -0.377 e. The fourth-order valence-corrected chi connectivity index (χ4v) is 3.20. The molecule has 2 fully saturated rings. The van der Waals surface area contributed by atoms with Gasteiger partial charge in [0.05, 0.1) is 6.10 Å². The van der Waals surface area contributed by atoms with Crippen molar-refractivity contribution in [2.75, 3.05) is 24.7 Å². The largest absolute Gasteiger partial charge is 0.377 e. The number of nitrogens with one attached hydrogen (secondary N) is 1. The van der Waals surface area contributed by atoms with Crippen LogP contribution in [-0.2, 0) is 15.5 Å². The standard InChI is InChI=1S/C11H21NO2S/c13-15(9-11-3-1-7-14-11)8-2-6-12-10-4-5-10/h10-12H,1-9H2. The first-order chi connectivity index (χ1) is 7.34. The van der Waals surface area contributed by atoms with E-state index < -0.39 is 10.8 Å². The van der Waals surface area contributed by atoms with Gasteiger partial charge in [0.1, 0.15) is 0 Å². The Bertz CT molecular complexity index is 213. The van der Waals surface area contributed by atoms with Crippen molar-refractivity contribution in [3.63, 3.8) is 0 Å². The van der Waals surface area contributed by atoms with Crippen molar-refractivity contribution >= 4 is 10.8 Å². The van der Waals surface area contributed by atoms with Crippen LogP contribution < -0.4 is 5.32 Å². The molecule has 2 unspecified atom stereocenters. The average Bonchev–Trinajstić information content (AvgIpc) is 2.91. The second-order valence-corrected chi connectivity index (χ2v) is 6.15. The van der Waals surface area contributed by atoms with E-state index in [-0.39, 0.29) is 6.10 Å². The summed E-state index contributed by atoms with van der Waals surface area (Å²) in [5, 5.41) is 3.44. The number of ether oxygens (including phenoxy) is 1. The Morgan fingerprint density at radius 2 is 2.20 bits per heavy atom. The first kappa shape index (κ1) is 11.6. The first-order valence-electron chi connectivity index (χ1n) is 6.04. The summed E-state index contributed by atoms with van der Waals surface area (Å²) in [6, 6.07) is 0.775. The summed E-state index contributed by atoms with van der Waals surface area (Å²) in [7, 11) is -0.669. The highest BCUT2D eigenvalue weighted by atomic mass is 32.2. The highest BCUT2D eigenvalue weighted by Gasteiger charge is 2.20. The lowest BCUT2D eigenvalue weighted by molar-refractivity contribution is 0.128. The minimum atomic E-state index is -0.669. The molecule has 3 nitrogen and oxygen atoms in total. The van der Waals surface area contributed by atoms with Crippen molar-refractivity contribution in [2.45, 2.75) is 44.2 Å². The van der Waals surface area contributed by atoms with Crippen LogP contribution >= 0.6 is 0 Å². The maximum absolute atomic E-state index is 11.7. The highest BCUT2D eigenvalue weighted by molar-refractivity contribution is 7.85. The SMILES string of the molecule is O=S(CCCNC1CC1)CC1CCCO1. The summed E-state index contributed by atoms with van der Waals surface area (Å²) in [4.78, 5) is 0. The second kappa shape index (κ2) is 5.97. The van der Waals surface area contributed by atoms with Crippen molar-refractivity contribution < 1.29 is 8.95 Å². The van der Waals surface area contributed by atoms with Gasteiger partial charge < -0.3 is 10.1 Å². The molecule has 0 amide bonds. The van der Waals surface area contributed by atoms with E-state index in [4.69, 9.17) is 4.74 Å². The molecule has 2 atom stereocenters. The van der Waals surface area contributed by atoms with Crippen LogP contribution in [0, 0.1) is 0 Å². The first-order valence-corrected chi connectivity index (χ1v) is 7.53. The molecule has 1 aliphatic carbocycles. The van der Waals surface area contributed by atoms with Crippen LogP contribution in [-0.4, -0.2) is 41.0 Å². The van der Waals surface area contributed by atoms with Gasteiger partial charge in [-0.15, -0.1) is 0 Å². The van der Waals surface area contributed by atoms with Gasteiger partial charge in [0.15, 0.2) is 0 Å². The minimum absolute atomic E-state index is 0.280. The predicted molar refractivity (Wildman–Crippen MR) is 62.5 cm³/mol. The number of rotatable bonds is 7. The van der Waals surface area contributed by atoms with E-state index >= 15 is 0 Å². The molecule has 1 N–H and O–H groups in total. The fraction of sp³-hybridized carbons (Fsp3) is 1.00. The van der Waals surface area contributed by atoms with Gasteiger partial charge in [-0.05, 0) is 38.6 Å². The summed E-state index contributed by atoms with van der Waals surface area (Å²) in [5.74, 6) is 1.59. The molecular weight excluding hydrogens is 210 g/mol. The van der Waals surface area contributed by atoms with E-state index in [2.05, 4.69) is 5.32 Å². The quantitative estimate of drug-likeness (QED) is 0.666. The Morgan fingerprint density at radius 3 is 2.87 bits per heavy atom. The zero-order valence-corrected chi connectivity index (χ0v) is 10.1. The van der Waals surface area contributed by atoms with Gasteiger partial charge in [0.2, 0.25) is 0 Å². The molecule has 2 rings (SSSR count). The van der Waals surface area contributed by atoms with E-state index in [0.29, 0.717) is 0 Å². The van der Waals surface area contributed by atoms with E-state index in [1.54, 1.807) is 0 Å². The zero-order chi connectivity index (χ0) is 10.5.